The van der Waals surface area contributed by atoms with Crippen LogP contribution in [-0.2, 0) is 28.8 Å². The lowest BCUT2D eigenvalue weighted by Gasteiger charge is -2.08. The van der Waals surface area contributed by atoms with Crippen molar-refractivity contribution < 1.29 is 27.9 Å². The zero-order valence-electron chi connectivity index (χ0n) is 14.5. The SMILES string of the molecule is CCC(=NOCc1ccc(C(F)(F)F)cc1)c1cnc(CCC(=O)O)nc1. The van der Waals surface area contributed by atoms with Crippen LogP contribution in [0.1, 0.15) is 42.3 Å². The molecule has 0 radical (unpaired) electrons. The second-order valence-corrected chi connectivity index (χ2v) is 5.64. The summed E-state index contributed by atoms with van der Waals surface area (Å²) in [6, 6.07) is 4.66. The van der Waals surface area contributed by atoms with Crippen molar-refractivity contribution in [3.8, 4) is 0 Å². The fourth-order valence-corrected chi connectivity index (χ4v) is 2.15. The number of oxime groups is 1. The molecule has 0 saturated heterocycles. The van der Waals surface area contributed by atoms with Crippen LogP contribution in [0.3, 0.4) is 0 Å². The summed E-state index contributed by atoms with van der Waals surface area (Å²) in [4.78, 5) is 24.0. The van der Waals surface area contributed by atoms with Crippen molar-refractivity contribution in [1.29, 1.82) is 0 Å². The third-order valence-corrected chi connectivity index (χ3v) is 3.62. The van der Waals surface area contributed by atoms with Crippen molar-refractivity contribution in [3.63, 3.8) is 0 Å². The number of rotatable bonds is 8. The van der Waals surface area contributed by atoms with E-state index >= 15 is 0 Å². The minimum Gasteiger partial charge on any atom is -0.481 e. The molecule has 0 fully saturated rings. The lowest BCUT2D eigenvalue weighted by atomic mass is 10.1. The van der Waals surface area contributed by atoms with Crippen LogP contribution in [0.4, 0.5) is 13.2 Å². The van der Waals surface area contributed by atoms with Gasteiger partial charge in [0.1, 0.15) is 12.4 Å². The predicted octanol–water partition coefficient (Wildman–Crippen LogP) is 3.84. The maximum Gasteiger partial charge on any atom is 0.416 e. The summed E-state index contributed by atoms with van der Waals surface area (Å²) in [5.74, 6) is -0.502. The van der Waals surface area contributed by atoms with Gasteiger partial charge < -0.3 is 9.94 Å². The highest BCUT2D eigenvalue weighted by Gasteiger charge is 2.29. The van der Waals surface area contributed by atoms with Gasteiger partial charge in [0.05, 0.1) is 17.7 Å². The first-order chi connectivity index (χ1) is 12.8. The monoisotopic (exact) mass is 381 g/mol. The molecule has 27 heavy (non-hydrogen) atoms. The molecule has 0 bridgehead atoms. The van der Waals surface area contributed by atoms with E-state index in [0.29, 0.717) is 29.1 Å². The first-order valence-corrected chi connectivity index (χ1v) is 8.17. The zero-order chi connectivity index (χ0) is 19.9. The molecule has 2 rings (SSSR count). The number of halogens is 3. The lowest BCUT2D eigenvalue weighted by Crippen LogP contribution is -2.06. The molecule has 0 amide bonds. The number of aryl methyl sites for hydroxylation is 1. The van der Waals surface area contributed by atoms with E-state index in [2.05, 4.69) is 15.1 Å². The van der Waals surface area contributed by atoms with Crippen molar-refractivity contribution >= 4 is 11.7 Å². The van der Waals surface area contributed by atoms with Crippen molar-refractivity contribution in [2.24, 2.45) is 5.16 Å². The zero-order valence-corrected chi connectivity index (χ0v) is 14.5. The molecular weight excluding hydrogens is 363 g/mol. The molecule has 2 aromatic rings. The molecule has 6 nitrogen and oxygen atoms in total. The average Bonchev–Trinajstić information content (AvgIpc) is 2.64. The number of benzene rings is 1. The van der Waals surface area contributed by atoms with Crippen molar-refractivity contribution in [2.45, 2.75) is 39.0 Å². The molecule has 1 aromatic carbocycles. The number of aromatic nitrogens is 2. The Hall–Kier alpha value is -2.97. The Bertz CT molecular complexity index is 788. The van der Waals surface area contributed by atoms with Gasteiger partial charge in [0.2, 0.25) is 0 Å². The normalized spacial score (nSPS) is 12.1. The fraction of sp³-hybridized carbons (Fsp3) is 0.333. The molecule has 0 unspecified atom stereocenters. The van der Waals surface area contributed by atoms with Gasteiger partial charge in [0.25, 0.3) is 0 Å². The lowest BCUT2D eigenvalue weighted by molar-refractivity contribution is -0.138. The van der Waals surface area contributed by atoms with Crippen molar-refractivity contribution in [1.82, 2.24) is 9.97 Å². The molecule has 144 valence electrons. The molecule has 0 saturated carbocycles. The smallest absolute Gasteiger partial charge is 0.416 e. The van der Waals surface area contributed by atoms with Gasteiger partial charge in [0.15, 0.2) is 0 Å². The Labute approximate surface area is 153 Å². The van der Waals surface area contributed by atoms with Crippen LogP contribution < -0.4 is 0 Å². The van der Waals surface area contributed by atoms with Crippen LogP contribution in [0.5, 0.6) is 0 Å². The van der Waals surface area contributed by atoms with Crippen molar-refractivity contribution in [2.75, 3.05) is 0 Å². The van der Waals surface area contributed by atoms with Gasteiger partial charge in [-0.15, -0.1) is 0 Å². The number of hydrogen-bond acceptors (Lipinski definition) is 5. The van der Waals surface area contributed by atoms with Crippen LogP contribution in [0.2, 0.25) is 0 Å². The highest BCUT2D eigenvalue weighted by molar-refractivity contribution is 5.99. The van der Waals surface area contributed by atoms with Crippen LogP contribution in [0, 0.1) is 0 Å². The predicted molar refractivity (Wildman–Crippen MR) is 91.0 cm³/mol. The number of carboxylic acids is 1. The van der Waals surface area contributed by atoms with Gasteiger partial charge in [-0.3, -0.25) is 4.79 Å². The molecule has 0 aliphatic carbocycles. The molecule has 0 atom stereocenters. The Morgan fingerprint density at radius 1 is 1.19 bits per heavy atom. The van der Waals surface area contributed by atoms with Crippen LogP contribution in [0.15, 0.2) is 41.8 Å². The first-order valence-electron chi connectivity index (χ1n) is 8.17. The molecular formula is C18H18F3N3O3. The molecule has 1 N–H and O–H groups in total. The van der Waals surface area contributed by atoms with E-state index in [1.165, 1.54) is 24.5 Å². The van der Waals surface area contributed by atoms with E-state index in [1.807, 2.05) is 6.92 Å². The Kier molecular flexibility index (Phi) is 6.86. The summed E-state index contributed by atoms with van der Waals surface area (Å²) in [5, 5.41) is 12.7. The molecule has 1 aromatic heterocycles. The molecule has 1 heterocycles. The standard InChI is InChI=1S/C18H18F3N3O3/c1-2-15(13-9-22-16(23-10-13)7-8-17(25)26)24-27-11-12-3-5-14(6-4-12)18(19,20)21/h3-6,9-10H,2,7-8,11H2,1H3,(H,25,26). The number of alkyl halides is 3. The maximum absolute atomic E-state index is 12.5. The van der Waals surface area contributed by atoms with Crippen LogP contribution in [0.25, 0.3) is 0 Å². The van der Waals surface area contributed by atoms with Crippen LogP contribution in [-0.4, -0.2) is 26.8 Å². The first kappa shape index (κ1) is 20.3. The van der Waals surface area contributed by atoms with E-state index in [1.54, 1.807) is 0 Å². The summed E-state index contributed by atoms with van der Waals surface area (Å²) in [6.07, 6.45) is -0.584. The maximum atomic E-state index is 12.5. The summed E-state index contributed by atoms with van der Waals surface area (Å²) < 4.78 is 37.6. The summed E-state index contributed by atoms with van der Waals surface area (Å²) in [7, 11) is 0. The average molecular weight is 381 g/mol. The highest BCUT2D eigenvalue weighted by atomic mass is 19.4. The number of nitrogens with zero attached hydrogens (tertiary/aromatic N) is 3. The van der Waals surface area contributed by atoms with Gasteiger partial charge in [-0.2, -0.15) is 13.2 Å². The second-order valence-electron chi connectivity index (χ2n) is 5.64. The van der Waals surface area contributed by atoms with Gasteiger partial charge >= 0.3 is 12.1 Å². The minimum atomic E-state index is -4.37. The van der Waals surface area contributed by atoms with Gasteiger partial charge in [-0.25, -0.2) is 9.97 Å². The Morgan fingerprint density at radius 2 is 1.81 bits per heavy atom. The quantitative estimate of drug-likeness (QED) is 0.555. The van der Waals surface area contributed by atoms with E-state index in [0.717, 1.165) is 12.1 Å². The van der Waals surface area contributed by atoms with E-state index in [4.69, 9.17) is 9.94 Å². The minimum absolute atomic E-state index is 0.0270. The third-order valence-electron chi connectivity index (χ3n) is 3.62. The van der Waals surface area contributed by atoms with Gasteiger partial charge in [-0.05, 0) is 24.1 Å². The van der Waals surface area contributed by atoms with Gasteiger partial charge in [0, 0.05) is 24.4 Å². The topological polar surface area (TPSA) is 84.7 Å². The summed E-state index contributed by atoms with van der Waals surface area (Å²) in [5.41, 5.74) is 1.04. The van der Waals surface area contributed by atoms with Crippen LogP contribution >= 0.6 is 0 Å². The van der Waals surface area contributed by atoms with E-state index < -0.39 is 17.7 Å². The van der Waals surface area contributed by atoms with E-state index in [-0.39, 0.29) is 19.4 Å². The third kappa shape index (κ3) is 6.36. The van der Waals surface area contributed by atoms with Gasteiger partial charge in [-0.1, -0.05) is 24.2 Å². The number of carboxylic acid groups (broad SMARTS) is 1. The largest absolute Gasteiger partial charge is 0.481 e. The number of aliphatic carboxylic acids is 1. The summed E-state index contributed by atoms with van der Waals surface area (Å²) in [6.45, 7) is 1.89. The Morgan fingerprint density at radius 3 is 2.33 bits per heavy atom. The number of carbonyl (C=O) groups is 1. The fourth-order valence-electron chi connectivity index (χ4n) is 2.15. The molecule has 0 aliphatic heterocycles. The Balaban J connectivity index is 1.96. The summed E-state index contributed by atoms with van der Waals surface area (Å²) >= 11 is 0. The molecule has 9 heteroatoms. The van der Waals surface area contributed by atoms with E-state index in [9.17, 15) is 18.0 Å². The molecule has 0 aliphatic rings. The second kappa shape index (κ2) is 9.11. The number of hydrogen-bond donors (Lipinski definition) is 1. The van der Waals surface area contributed by atoms with Crippen molar-refractivity contribution in [3.05, 3.63) is 59.2 Å². The highest BCUT2D eigenvalue weighted by Crippen LogP contribution is 2.29. The molecule has 0 spiro atoms.